The first-order valence-corrected chi connectivity index (χ1v) is 9.08. The third-order valence-corrected chi connectivity index (χ3v) is 5.13. The molecule has 25 heavy (non-hydrogen) atoms. The van der Waals surface area contributed by atoms with Gasteiger partial charge in [0.25, 0.3) is 5.91 Å². The Kier molecular flexibility index (Phi) is 5.44. The van der Waals surface area contributed by atoms with Gasteiger partial charge in [0.15, 0.2) is 0 Å². The zero-order valence-corrected chi connectivity index (χ0v) is 14.4. The van der Waals surface area contributed by atoms with E-state index in [9.17, 15) is 18.0 Å². The van der Waals surface area contributed by atoms with Gasteiger partial charge in [-0.1, -0.05) is 18.2 Å². The van der Waals surface area contributed by atoms with Crippen molar-refractivity contribution in [3.05, 3.63) is 57.8 Å². The fourth-order valence-electron chi connectivity index (χ4n) is 3.04. The number of hydrogen-bond donors (Lipinski definition) is 0. The fourth-order valence-corrected chi connectivity index (χ4v) is 3.67. The Morgan fingerprint density at radius 2 is 1.80 bits per heavy atom. The first-order chi connectivity index (χ1) is 11.9. The molecule has 1 aliphatic rings. The van der Waals surface area contributed by atoms with E-state index in [4.69, 9.17) is 0 Å². The Morgan fingerprint density at radius 3 is 2.44 bits per heavy atom. The lowest BCUT2D eigenvalue weighted by Crippen LogP contribution is -2.49. The Bertz CT molecular complexity index is 707. The van der Waals surface area contributed by atoms with Crippen molar-refractivity contribution < 1.29 is 18.0 Å². The molecule has 2 aromatic rings. The number of carbonyl (C=O) groups excluding carboxylic acids is 1. The minimum Gasteiger partial charge on any atom is -0.336 e. The topological polar surface area (TPSA) is 23.6 Å². The zero-order chi connectivity index (χ0) is 17.9. The molecule has 1 fully saturated rings. The molecule has 2 heterocycles. The van der Waals surface area contributed by atoms with E-state index in [2.05, 4.69) is 4.90 Å². The van der Waals surface area contributed by atoms with Crippen molar-refractivity contribution in [2.24, 2.45) is 0 Å². The number of thiophene rings is 1. The lowest BCUT2D eigenvalue weighted by molar-refractivity contribution is -0.138. The number of nitrogens with zero attached hydrogens (tertiary/aromatic N) is 2. The van der Waals surface area contributed by atoms with E-state index in [1.54, 1.807) is 12.1 Å². The molecule has 1 aromatic heterocycles. The SMILES string of the molecule is O=C(c1ccsc1)N1CCN(CCc2ccccc2C(F)(F)F)CC1. The van der Waals surface area contributed by atoms with Gasteiger partial charge in [0.05, 0.1) is 11.1 Å². The minimum absolute atomic E-state index is 0.0308. The lowest BCUT2D eigenvalue weighted by Gasteiger charge is -2.34. The number of rotatable bonds is 4. The van der Waals surface area contributed by atoms with Gasteiger partial charge in [0.1, 0.15) is 0 Å². The second-order valence-electron chi connectivity index (χ2n) is 6.05. The van der Waals surface area contributed by atoms with Gasteiger partial charge in [-0.05, 0) is 29.5 Å². The van der Waals surface area contributed by atoms with Gasteiger partial charge in [0, 0.05) is 38.1 Å². The molecule has 0 saturated carbocycles. The van der Waals surface area contributed by atoms with Crippen LogP contribution in [0.3, 0.4) is 0 Å². The van der Waals surface area contributed by atoms with Crippen molar-refractivity contribution in [3.8, 4) is 0 Å². The molecule has 0 unspecified atom stereocenters. The van der Waals surface area contributed by atoms with Crippen LogP contribution in [0.15, 0.2) is 41.1 Å². The standard InChI is InChI=1S/C18H19F3N2OS/c19-18(20,21)16-4-2-1-3-14(16)5-7-22-8-10-23(11-9-22)17(24)15-6-12-25-13-15/h1-4,6,12-13H,5,7-11H2. The van der Waals surface area contributed by atoms with Gasteiger partial charge in [-0.3, -0.25) is 9.69 Å². The van der Waals surface area contributed by atoms with Gasteiger partial charge in [0.2, 0.25) is 0 Å². The first-order valence-electron chi connectivity index (χ1n) is 8.14. The average Bonchev–Trinajstić information content (AvgIpc) is 3.14. The second-order valence-corrected chi connectivity index (χ2v) is 6.83. The highest BCUT2D eigenvalue weighted by Crippen LogP contribution is 2.32. The van der Waals surface area contributed by atoms with E-state index in [0.29, 0.717) is 50.3 Å². The Hall–Kier alpha value is -1.86. The van der Waals surface area contributed by atoms with E-state index in [0.717, 1.165) is 6.07 Å². The largest absolute Gasteiger partial charge is 0.416 e. The summed E-state index contributed by atoms with van der Waals surface area (Å²) in [7, 11) is 0. The van der Waals surface area contributed by atoms with Crippen LogP contribution in [0.4, 0.5) is 13.2 Å². The van der Waals surface area contributed by atoms with Gasteiger partial charge in [-0.2, -0.15) is 24.5 Å². The van der Waals surface area contributed by atoms with Crippen molar-refractivity contribution in [2.45, 2.75) is 12.6 Å². The zero-order valence-electron chi connectivity index (χ0n) is 13.6. The van der Waals surface area contributed by atoms with E-state index >= 15 is 0 Å². The fraction of sp³-hybridized carbons (Fsp3) is 0.389. The Labute approximate surface area is 148 Å². The number of amides is 1. The van der Waals surface area contributed by atoms with Crippen molar-refractivity contribution in [1.29, 1.82) is 0 Å². The van der Waals surface area contributed by atoms with E-state index < -0.39 is 11.7 Å². The van der Waals surface area contributed by atoms with Crippen LogP contribution in [-0.2, 0) is 12.6 Å². The van der Waals surface area contributed by atoms with Gasteiger partial charge >= 0.3 is 6.18 Å². The summed E-state index contributed by atoms with van der Waals surface area (Å²) in [5, 5.41) is 3.71. The smallest absolute Gasteiger partial charge is 0.336 e. The number of alkyl halides is 3. The number of hydrogen-bond acceptors (Lipinski definition) is 3. The van der Waals surface area contributed by atoms with Gasteiger partial charge in [-0.15, -0.1) is 0 Å². The summed E-state index contributed by atoms with van der Waals surface area (Å²) in [5.41, 5.74) is 0.477. The van der Waals surface area contributed by atoms with Crippen molar-refractivity contribution in [3.63, 3.8) is 0 Å². The van der Waals surface area contributed by atoms with Crippen LogP contribution in [0.2, 0.25) is 0 Å². The van der Waals surface area contributed by atoms with Crippen LogP contribution in [0, 0.1) is 0 Å². The lowest BCUT2D eigenvalue weighted by atomic mass is 10.0. The van der Waals surface area contributed by atoms with Crippen molar-refractivity contribution >= 4 is 17.2 Å². The number of carbonyl (C=O) groups is 1. The molecule has 1 saturated heterocycles. The summed E-state index contributed by atoms with van der Waals surface area (Å²) in [6, 6.07) is 7.54. The molecular formula is C18H19F3N2OS. The van der Waals surface area contributed by atoms with Crippen LogP contribution in [0.5, 0.6) is 0 Å². The molecule has 1 aromatic carbocycles. The summed E-state index contributed by atoms with van der Waals surface area (Å²) in [4.78, 5) is 16.2. The highest BCUT2D eigenvalue weighted by Gasteiger charge is 2.33. The third kappa shape index (κ3) is 4.41. The molecule has 0 bridgehead atoms. The predicted molar refractivity (Wildman–Crippen MR) is 91.8 cm³/mol. The summed E-state index contributed by atoms with van der Waals surface area (Å²) in [6.45, 7) is 3.15. The van der Waals surface area contributed by atoms with Gasteiger partial charge in [-0.25, -0.2) is 0 Å². The van der Waals surface area contributed by atoms with Crippen LogP contribution < -0.4 is 0 Å². The molecular weight excluding hydrogens is 349 g/mol. The summed E-state index contributed by atoms with van der Waals surface area (Å²) < 4.78 is 39.1. The van der Waals surface area contributed by atoms with Gasteiger partial charge < -0.3 is 4.90 Å². The maximum atomic E-state index is 13.0. The maximum Gasteiger partial charge on any atom is 0.416 e. The monoisotopic (exact) mass is 368 g/mol. The summed E-state index contributed by atoms with van der Waals surface area (Å²) in [5.74, 6) is 0.0308. The minimum atomic E-state index is -4.32. The number of halogens is 3. The quantitative estimate of drug-likeness (QED) is 0.820. The molecule has 1 aliphatic heterocycles. The molecule has 0 aliphatic carbocycles. The van der Waals surface area contributed by atoms with Crippen LogP contribution in [0.1, 0.15) is 21.5 Å². The molecule has 0 atom stereocenters. The van der Waals surface area contributed by atoms with Crippen LogP contribution in [0.25, 0.3) is 0 Å². The molecule has 1 amide bonds. The predicted octanol–water partition coefficient (Wildman–Crippen LogP) is 3.77. The molecule has 134 valence electrons. The Morgan fingerprint density at radius 1 is 1.08 bits per heavy atom. The van der Waals surface area contributed by atoms with E-state index in [1.807, 2.05) is 21.7 Å². The highest BCUT2D eigenvalue weighted by atomic mass is 32.1. The Balaban J connectivity index is 1.53. The van der Waals surface area contributed by atoms with E-state index in [-0.39, 0.29) is 5.91 Å². The second kappa shape index (κ2) is 7.58. The maximum absolute atomic E-state index is 13.0. The van der Waals surface area contributed by atoms with Crippen molar-refractivity contribution in [2.75, 3.05) is 32.7 Å². The average molecular weight is 368 g/mol. The normalized spacial score (nSPS) is 16.2. The molecule has 7 heteroatoms. The van der Waals surface area contributed by atoms with Crippen LogP contribution >= 0.6 is 11.3 Å². The first kappa shape index (κ1) is 17.9. The number of benzene rings is 1. The molecule has 0 spiro atoms. The van der Waals surface area contributed by atoms with Crippen molar-refractivity contribution in [1.82, 2.24) is 9.80 Å². The van der Waals surface area contributed by atoms with E-state index in [1.165, 1.54) is 17.4 Å². The number of piperazine rings is 1. The van der Waals surface area contributed by atoms with Crippen LogP contribution in [-0.4, -0.2) is 48.4 Å². The molecule has 3 rings (SSSR count). The molecule has 0 radical (unpaired) electrons. The molecule has 3 nitrogen and oxygen atoms in total. The summed E-state index contributed by atoms with van der Waals surface area (Å²) in [6.07, 6.45) is -3.96. The summed E-state index contributed by atoms with van der Waals surface area (Å²) >= 11 is 1.49. The molecule has 0 N–H and O–H groups in total. The third-order valence-electron chi connectivity index (χ3n) is 4.45. The highest BCUT2D eigenvalue weighted by molar-refractivity contribution is 7.08.